The minimum Gasteiger partial charge on any atom is -0.465 e. The highest BCUT2D eigenvalue weighted by atomic mass is 19.4. The van der Waals surface area contributed by atoms with E-state index in [4.69, 9.17) is 4.74 Å². The average Bonchev–Trinajstić information content (AvgIpc) is 2.78. The van der Waals surface area contributed by atoms with Gasteiger partial charge in [0.2, 0.25) is 5.91 Å². The van der Waals surface area contributed by atoms with Crippen molar-refractivity contribution in [2.75, 3.05) is 13.7 Å². The first-order valence-corrected chi connectivity index (χ1v) is 10.6. The van der Waals surface area contributed by atoms with Crippen LogP contribution in [0.4, 0.5) is 13.2 Å². The van der Waals surface area contributed by atoms with Gasteiger partial charge >= 0.3 is 12.1 Å². The fourth-order valence-electron chi connectivity index (χ4n) is 3.98. The Morgan fingerprint density at radius 2 is 1.88 bits per heavy atom. The van der Waals surface area contributed by atoms with Crippen molar-refractivity contribution >= 4 is 11.9 Å². The molecule has 172 valence electrons. The van der Waals surface area contributed by atoms with Crippen LogP contribution in [0, 0.1) is 0 Å². The molecule has 32 heavy (non-hydrogen) atoms. The van der Waals surface area contributed by atoms with Crippen LogP contribution in [0.1, 0.15) is 59.3 Å². The Morgan fingerprint density at radius 3 is 2.53 bits per heavy atom. The fraction of sp³-hybridized carbons (Fsp3) is 0.417. The quantitative estimate of drug-likeness (QED) is 0.650. The molecule has 1 heterocycles. The molecular formula is C24H27F3N2O3. The van der Waals surface area contributed by atoms with E-state index in [9.17, 15) is 22.8 Å². The van der Waals surface area contributed by atoms with Crippen LogP contribution in [0.3, 0.4) is 0 Å². The molecule has 1 aliphatic rings. The number of esters is 1. The first-order chi connectivity index (χ1) is 15.2. The second-order valence-corrected chi connectivity index (χ2v) is 8.02. The Balaban J connectivity index is 1.67. The molecule has 1 fully saturated rings. The molecule has 1 unspecified atom stereocenters. The minimum absolute atomic E-state index is 0.152. The maximum Gasteiger partial charge on any atom is 0.416 e. The summed E-state index contributed by atoms with van der Waals surface area (Å²) in [5.41, 5.74) is 1.11. The van der Waals surface area contributed by atoms with Gasteiger partial charge in [0.15, 0.2) is 0 Å². The van der Waals surface area contributed by atoms with E-state index in [1.165, 1.54) is 13.2 Å². The number of likely N-dealkylation sites (tertiary alicyclic amines) is 1. The normalized spacial score (nSPS) is 18.1. The third-order valence-electron chi connectivity index (χ3n) is 5.75. The third-order valence-corrected chi connectivity index (χ3v) is 5.75. The van der Waals surface area contributed by atoms with Gasteiger partial charge in [-0.3, -0.25) is 9.69 Å². The number of nitrogens with one attached hydrogen (secondary N) is 1. The first-order valence-electron chi connectivity index (χ1n) is 10.6. The van der Waals surface area contributed by atoms with Gasteiger partial charge in [0.1, 0.15) is 0 Å². The number of methoxy groups -OCH3 is 1. The van der Waals surface area contributed by atoms with Gasteiger partial charge in [0.05, 0.1) is 30.3 Å². The molecule has 0 spiro atoms. The van der Waals surface area contributed by atoms with Crippen LogP contribution in [0.15, 0.2) is 48.5 Å². The van der Waals surface area contributed by atoms with Crippen molar-refractivity contribution < 1.29 is 27.5 Å². The highest BCUT2D eigenvalue weighted by Crippen LogP contribution is 2.30. The third kappa shape index (κ3) is 5.88. The Labute approximate surface area is 185 Å². The van der Waals surface area contributed by atoms with Gasteiger partial charge in [-0.25, -0.2) is 4.79 Å². The summed E-state index contributed by atoms with van der Waals surface area (Å²) in [5.74, 6) is -0.582. The predicted octanol–water partition coefficient (Wildman–Crippen LogP) is 4.72. The number of halogens is 3. The highest BCUT2D eigenvalue weighted by molar-refractivity contribution is 5.89. The zero-order valence-corrected chi connectivity index (χ0v) is 18.1. The molecule has 5 nitrogen and oxygen atoms in total. The van der Waals surface area contributed by atoms with Gasteiger partial charge in [-0.15, -0.1) is 0 Å². The van der Waals surface area contributed by atoms with E-state index >= 15 is 0 Å². The summed E-state index contributed by atoms with van der Waals surface area (Å²) < 4.78 is 43.8. The van der Waals surface area contributed by atoms with Crippen molar-refractivity contribution in [1.29, 1.82) is 0 Å². The largest absolute Gasteiger partial charge is 0.465 e. The molecule has 1 amide bonds. The van der Waals surface area contributed by atoms with Crippen molar-refractivity contribution in [3.8, 4) is 0 Å². The summed E-state index contributed by atoms with van der Waals surface area (Å²) in [4.78, 5) is 26.6. The lowest BCUT2D eigenvalue weighted by atomic mass is 9.99. The molecule has 0 aromatic heterocycles. The number of rotatable bonds is 6. The second kappa shape index (κ2) is 10.2. The number of carbonyl (C=O) groups excluding carboxylic acids is 2. The van der Waals surface area contributed by atoms with E-state index in [1.807, 2.05) is 11.8 Å². The Kier molecular flexibility index (Phi) is 7.56. The van der Waals surface area contributed by atoms with Gasteiger partial charge in [0, 0.05) is 6.54 Å². The topological polar surface area (TPSA) is 58.6 Å². The maximum absolute atomic E-state index is 13.0. The smallest absolute Gasteiger partial charge is 0.416 e. The number of nitrogens with zero attached hydrogens (tertiary/aromatic N) is 1. The highest BCUT2D eigenvalue weighted by Gasteiger charge is 2.32. The van der Waals surface area contributed by atoms with E-state index in [-0.39, 0.29) is 18.5 Å². The number of benzene rings is 2. The van der Waals surface area contributed by atoms with Crippen LogP contribution in [-0.4, -0.2) is 36.5 Å². The summed E-state index contributed by atoms with van der Waals surface area (Å²) in [6, 6.07) is 11.4. The fourth-order valence-corrected chi connectivity index (χ4v) is 3.98. The van der Waals surface area contributed by atoms with Crippen LogP contribution in [0.2, 0.25) is 0 Å². The Morgan fingerprint density at radius 1 is 1.16 bits per heavy atom. The van der Waals surface area contributed by atoms with E-state index in [1.54, 1.807) is 30.3 Å². The van der Waals surface area contributed by atoms with Crippen LogP contribution < -0.4 is 5.32 Å². The molecule has 2 aromatic carbocycles. The van der Waals surface area contributed by atoms with Gasteiger partial charge in [-0.05, 0) is 55.6 Å². The van der Waals surface area contributed by atoms with Gasteiger partial charge in [-0.2, -0.15) is 13.2 Å². The number of hydrogen-bond donors (Lipinski definition) is 1. The van der Waals surface area contributed by atoms with Gasteiger partial charge in [-0.1, -0.05) is 36.8 Å². The molecule has 2 atom stereocenters. The second-order valence-electron chi connectivity index (χ2n) is 8.02. The zero-order valence-electron chi connectivity index (χ0n) is 18.1. The maximum atomic E-state index is 13.0. The summed E-state index contributed by atoms with van der Waals surface area (Å²) in [7, 11) is 1.31. The molecule has 1 N–H and O–H groups in total. The van der Waals surface area contributed by atoms with Crippen LogP contribution in [0.25, 0.3) is 0 Å². The van der Waals surface area contributed by atoms with Crippen molar-refractivity contribution in [3.05, 3.63) is 70.8 Å². The molecule has 1 saturated heterocycles. The zero-order chi connectivity index (χ0) is 23.3. The average molecular weight is 448 g/mol. The standard InChI is InChI=1S/C24H27F3N2O3/c1-16(18-9-11-19(12-10-18)23(31)32-2)28-22(30)21-8-3-4-13-29(21)15-17-6-5-7-20(14-17)24(25,26)27/h5-7,9-12,14,16,21H,3-4,8,13,15H2,1-2H3,(H,28,30)/t16-,21?/m0/s1. The van der Waals surface area contributed by atoms with Crippen LogP contribution in [-0.2, 0) is 22.3 Å². The molecular weight excluding hydrogens is 421 g/mol. The number of amides is 1. The monoisotopic (exact) mass is 448 g/mol. The van der Waals surface area contributed by atoms with Gasteiger partial charge in [0.25, 0.3) is 0 Å². The van der Waals surface area contributed by atoms with Crippen LogP contribution >= 0.6 is 0 Å². The molecule has 0 aliphatic carbocycles. The summed E-state index contributed by atoms with van der Waals surface area (Å²) >= 11 is 0. The van der Waals surface area contributed by atoms with Crippen molar-refractivity contribution in [2.45, 2.75) is 51.0 Å². The number of carbonyl (C=O) groups is 2. The molecule has 0 radical (unpaired) electrons. The van der Waals surface area contributed by atoms with Crippen molar-refractivity contribution in [3.63, 3.8) is 0 Å². The predicted molar refractivity (Wildman–Crippen MR) is 114 cm³/mol. The molecule has 2 aromatic rings. The lowest BCUT2D eigenvalue weighted by Gasteiger charge is -2.35. The van der Waals surface area contributed by atoms with E-state index in [0.29, 0.717) is 24.1 Å². The summed E-state index contributed by atoms with van der Waals surface area (Å²) in [5, 5.41) is 3.00. The molecule has 0 bridgehead atoms. The van der Waals surface area contributed by atoms with E-state index < -0.39 is 23.8 Å². The van der Waals surface area contributed by atoms with Gasteiger partial charge < -0.3 is 10.1 Å². The summed E-state index contributed by atoms with van der Waals surface area (Å²) in [6.45, 7) is 2.78. The van der Waals surface area contributed by atoms with Crippen molar-refractivity contribution in [2.24, 2.45) is 0 Å². The lowest BCUT2D eigenvalue weighted by molar-refractivity contribution is -0.137. The number of ether oxygens (including phenoxy) is 1. The SMILES string of the molecule is COC(=O)c1ccc([C@H](C)NC(=O)C2CCCCN2Cc2cccc(C(F)(F)F)c2)cc1. The number of piperidine rings is 1. The molecule has 3 rings (SSSR count). The summed E-state index contributed by atoms with van der Waals surface area (Å²) in [6.07, 6.45) is -1.96. The molecule has 8 heteroatoms. The van der Waals surface area contributed by atoms with Crippen LogP contribution in [0.5, 0.6) is 0 Å². The number of alkyl halides is 3. The number of hydrogen-bond acceptors (Lipinski definition) is 4. The Bertz CT molecular complexity index is 944. The first kappa shape index (κ1) is 23.8. The lowest BCUT2D eigenvalue weighted by Crippen LogP contribution is -2.49. The van der Waals surface area contributed by atoms with E-state index in [2.05, 4.69) is 5.32 Å². The molecule has 1 aliphatic heterocycles. The minimum atomic E-state index is -4.40. The van der Waals surface area contributed by atoms with E-state index in [0.717, 1.165) is 30.5 Å². The molecule has 0 saturated carbocycles. The Hall–Kier alpha value is -2.87. The van der Waals surface area contributed by atoms with Crippen molar-refractivity contribution in [1.82, 2.24) is 10.2 Å².